The van der Waals surface area contributed by atoms with E-state index in [9.17, 15) is 9.90 Å². The Kier molecular flexibility index (Phi) is 5.62. The van der Waals surface area contributed by atoms with Crippen LogP contribution in [0.1, 0.15) is 54.9 Å². The van der Waals surface area contributed by atoms with Crippen LogP contribution in [0.5, 0.6) is 5.75 Å². The molecule has 0 spiro atoms. The second-order valence-electron chi connectivity index (χ2n) is 6.87. The van der Waals surface area contributed by atoms with Gasteiger partial charge in [-0.15, -0.1) is 0 Å². The van der Waals surface area contributed by atoms with Gasteiger partial charge in [0.1, 0.15) is 11.4 Å². The molecule has 3 rings (SSSR count). The predicted molar refractivity (Wildman–Crippen MR) is 104 cm³/mol. The molecule has 0 atom stereocenters. The molecule has 1 aliphatic rings. The van der Waals surface area contributed by atoms with Gasteiger partial charge < -0.3 is 9.84 Å². The minimum absolute atomic E-state index is 0.0589. The number of carboxylic acids is 1. The minimum Gasteiger partial charge on any atom is -0.493 e. The smallest absolute Gasteiger partial charge is 0.354 e. The Morgan fingerprint density at radius 2 is 2.00 bits per heavy atom. The zero-order chi connectivity index (χ0) is 18.7. The minimum atomic E-state index is -1.02. The van der Waals surface area contributed by atoms with Crippen LogP contribution in [0.4, 0.5) is 0 Å². The number of halogens is 1. The Balaban J connectivity index is 2.06. The van der Waals surface area contributed by atoms with E-state index in [-0.39, 0.29) is 5.69 Å². The van der Waals surface area contributed by atoms with Crippen LogP contribution in [0.3, 0.4) is 0 Å². The Hall–Kier alpha value is -2.33. The van der Waals surface area contributed by atoms with Crippen LogP contribution in [-0.2, 0) is 0 Å². The second kappa shape index (κ2) is 7.92. The summed E-state index contributed by atoms with van der Waals surface area (Å²) < 4.78 is 6.00. The summed E-state index contributed by atoms with van der Waals surface area (Å²) in [5, 5.41) is 9.88. The van der Waals surface area contributed by atoms with Crippen molar-refractivity contribution in [1.29, 1.82) is 0 Å². The molecule has 0 fully saturated rings. The van der Waals surface area contributed by atoms with Gasteiger partial charge in [0, 0.05) is 10.6 Å². The predicted octanol–water partition coefficient (Wildman–Crippen LogP) is 5.56. The Morgan fingerprint density at radius 3 is 2.73 bits per heavy atom. The van der Waals surface area contributed by atoms with Crippen LogP contribution < -0.4 is 4.74 Å². The number of aromatic nitrogens is 1. The molecule has 0 bridgehead atoms. The number of carboxylic acid groups (broad SMARTS) is 1. The fourth-order valence-electron chi connectivity index (χ4n) is 3.17. The highest BCUT2D eigenvalue weighted by Gasteiger charge is 2.22. The Bertz CT molecular complexity index is 858. The average Bonchev–Trinajstić information content (AvgIpc) is 3.10. The van der Waals surface area contributed by atoms with Gasteiger partial charge in [0.15, 0.2) is 0 Å². The number of hydrogen-bond acceptors (Lipinski definition) is 3. The third-order valence-corrected chi connectivity index (χ3v) is 4.57. The highest BCUT2D eigenvalue weighted by atomic mass is 35.5. The van der Waals surface area contributed by atoms with E-state index in [4.69, 9.17) is 16.3 Å². The quantitative estimate of drug-likeness (QED) is 0.721. The van der Waals surface area contributed by atoms with Crippen LogP contribution in [0, 0.1) is 5.92 Å². The molecular weight excluding hydrogens is 350 g/mol. The zero-order valence-electron chi connectivity index (χ0n) is 15.0. The van der Waals surface area contributed by atoms with Gasteiger partial charge in [-0.1, -0.05) is 31.5 Å². The first-order chi connectivity index (χ1) is 12.5. The normalized spacial score (nSPS) is 14.2. The van der Waals surface area contributed by atoms with E-state index in [2.05, 4.69) is 18.8 Å². The number of hydrogen-bond donors (Lipinski definition) is 1. The summed E-state index contributed by atoms with van der Waals surface area (Å²) in [5.74, 6) is 0.215. The monoisotopic (exact) mass is 371 g/mol. The largest absolute Gasteiger partial charge is 0.493 e. The lowest BCUT2D eigenvalue weighted by Gasteiger charge is -2.16. The molecular formula is C21H22ClNO3. The lowest BCUT2D eigenvalue weighted by molar-refractivity contribution is 0.0690. The van der Waals surface area contributed by atoms with E-state index in [0.29, 0.717) is 23.2 Å². The molecule has 1 N–H and O–H groups in total. The number of ether oxygens (including phenoxy) is 1. The van der Waals surface area contributed by atoms with Crippen LogP contribution in [0.15, 0.2) is 36.4 Å². The molecule has 0 saturated heterocycles. The van der Waals surface area contributed by atoms with Gasteiger partial charge >= 0.3 is 5.97 Å². The molecule has 1 heterocycles. The molecule has 136 valence electrons. The van der Waals surface area contributed by atoms with E-state index in [1.807, 2.05) is 24.3 Å². The van der Waals surface area contributed by atoms with Crippen molar-refractivity contribution < 1.29 is 14.6 Å². The highest BCUT2D eigenvalue weighted by Crippen LogP contribution is 2.43. The first-order valence-electron chi connectivity index (χ1n) is 8.81. The van der Waals surface area contributed by atoms with Crippen LogP contribution in [0.2, 0.25) is 5.02 Å². The van der Waals surface area contributed by atoms with Crippen molar-refractivity contribution in [1.82, 2.24) is 4.98 Å². The number of aromatic carboxylic acids is 1. The number of rotatable bonds is 6. The summed E-state index contributed by atoms with van der Waals surface area (Å²) in [6.45, 7) is 4.85. The van der Waals surface area contributed by atoms with Crippen molar-refractivity contribution in [2.24, 2.45) is 5.92 Å². The van der Waals surface area contributed by atoms with Gasteiger partial charge in [0.2, 0.25) is 0 Å². The van der Waals surface area contributed by atoms with E-state index >= 15 is 0 Å². The maximum Gasteiger partial charge on any atom is 0.354 e. The lowest BCUT2D eigenvalue weighted by atomic mass is 9.98. The molecule has 1 aromatic heterocycles. The second-order valence-corrected chi connectivity index (χ2v) is 7.31. The summed E-state index contributed by atoms with van der Waals surface area (Å²) >= 11 is 6.25. The number of allylic oxidation sites excluding steroid dienone is 2. The fraction of sp³-hybridized carbons (Fsp3) is 0.333. The fourth-order valence-corrected chi connectivity index (χ4v) is 3.34. The topological polar surface area (TPSA) is 59.4 Å². The van der Waals surface area contributed by atoms with E-state index in [1.54, 1.807) is 6.07 Å². The van der Waals surface area contributed by atoms with Crippen molar-refractivity contribution in [2.75, 3.05) is 6.61 Å². The zero-order valence-corrected chi connectivity index (χ0v) is 15.7. The average molecular weight is 372 g/mol. The molecule has 5 heteroatoms. The van der Waals surface area contributed by atoms with Crippen molar-refractivity contribution in [3.63, 3.8) is 0 Å². The van der Waals surface area contributed by atoms with Crippen LogP contribution in [-0.4, -0.2) is 22.7 Å². The van der Waals surface area contributed by atoms with Crippen molar-refractivity contribution in [2.45, 2.75) is 33.1 Å². The first-order valence-corrected chi connectivity index (χ1v) is 9.19. The molecule has 2 aromatic rings. The molecule has 26 heavy (non-hydrogen) atoms. The number of benzene rings is 1. The summed E-state index contributed by atoms with van der Waals surface area (Å²) in [7, 11) is 0. The molecule has 0 aliphatic heterocycles. The molecule has 0 radical (unpaired) electrons. The molecule has 1 aromatic carbocycles. The Morgan fingerprint density at radius 1 is 1.23 bits per heavy atom. The van der Waals surface area contributed by atoms with Gasteiger partial charge in [-0.25, -0.2) is 9.78 Å². The standard InChI is InChI=1S/C21H22ClNO3/c1-13(2)12-26-20-10-9-14(22)11-17(20)15-5-3-6-16(15)18-7-4-8-19(23-18)21(24)25/h4,7-11,13H,3,5-6,12H2,1-2H3,(H,24,25). The summed E-state index contributed by atoms with van der Waals surface area (Å²) in [6, 6.07) is 10.8. The third-order valence-electron chi connectivity index (χ3n) is 4.33. The van der Waals surface area contributed by atoms with Crippen molar-refractivity contribution in [3.05, 3.63) is 58.4 Å². The van der Waals surface area contributed by atoms with Crippen molar-refractivity contribution >= 4 is 28.7 Å². The van der Waals surface area contributed by atoms with Crippen LogP contribution in [0.25, 0.3) is 11.1 Å². The van der Waals surface area contributed by atoms with E-state index in [0.717, 1.165) is 41.7 Å². The molecule has 4 nitrogen and oxygen atoms in total. The summed E-state index contributed by atoms with van der Waals surface area (Å²) in [6.07, 6.45) is 2.76. The molecule has 0 unspecified atom stereocenters. The maximum absolute atomic E-state index is 11.3. The molecule has 0 saturated carbocycles. The van der Waals surface area contributed by atoms with Gasteiger partial charge in [-0.3, -0.25) is 0 Å². The summed E-state index contributed by atoms with van der Waals surface area (Å²) in [4.78, 5) is 15.6. The van der Waals surface area contributed by atoms with E-state index < -0.39 is 5.97 Å². The van der Waals surface area contributed by atoms with E-state index in [1.165, 1.54) is 6.07 Å². The number of carbonyl (C=O) groups is 1. The maximum atomic E-state index is 11.3. The molecule has 0 amide bonds. The van der Waals surface area contributed by atoms with Gasteiger partial charge in [0.25, 0.3) is 0 Å². The molecule has 1 aliphatic carbocycles. The number of pyridine rings is 1. The third kappa shape index (κ3) is 4.07. The van der Waals surface area contributed by atoms with Gasteiger partial charge in [0.05, 0.1) is 12.3 Å². The lowest BCUT2D eigenvalue weighted by Crippen LogP contribution is -2.06. The summed E-state index contributed by atoms with van der Waals surface area (Å²) in [5.41, 5.74) is 3.97. The van der Waals surface area contributed by atoms with Crippen LogP contribution >= 0.6 is 11.6 Å². The SMILES string of the molecule is CC(C)COc1ccc(Cl)cc1C1=C(c2cccc(C(=O)O)n2)CCC1. The van der Waals surface area contributed by atoms with Crippen molar-refractivity contribution in [3.8, 4) is 5.75 Å². The number of nitrogens with zero attached hydrogens (tertiary/aromatic N) is 1. The van der Waals surface area contributed by atoms with Gasteiger partial charge in [-0.2, -0.15) is 0 Å². The van der Waals surface area contributed by atoms with Gasteiger partial charge in [-0.05, 0) is 66.7 Å². The Labute approximate surface area is 158 Å². The first kappa shape index (κ1) is 18.5. The highest BCUT2D eigenvalue weighted by molar-refractivity contribution is 6.30.